The second-order valence-electron chi connectivity index (χ2n) is 7.15. The minimum atomic E-state index is -1.27. The van der Waals surface area contributed by atoms with Gasteiger partial charge in [-0.05, 0) is 11.1 Å². The van der Waals surface area contributed by atoms with Gasteiger partial charge >= 0.3 is 5.54 Å². The van der Waals surface area contributed by atoms with Crippen LogP contribution in [0.1, 0.15) is 22.3 Å². The van der Waals surface area contributed by atoms with Gasteiger partial charge < -0.3 is 0 Å². The predicted molar refractivity (Wildman–Crippen MR) is 120 cm³/mol. The third-order valence-electron chi connectivity index (χ3n) is 5.67. The number of hydrogen-bond acceptors (Lipinski definition) is 1. The number of nitriles is 1. The van der Waals surface area contributed by atoms with Crippen LogP contribution in [-0.2, 0) is 11.0 Å². The molecular formula is C28H20N2. The summed E-state index contributed by atoms with van der Waals surface area (Å²) in [6, 6.07) is 41.3. The Bertz CT molecular complexity index is 1010. The first kappa shape index (κ1) is 19.2. The molecule has 30 heavy (non-hydrogen) atoms. The SMILES string of the molecule is [C-]#[N+]C(c1ccccc1)(c1ccccc1)C(C#N)(c1ccccc1)c1ccccc1. The maximum atomic E-state index is 10.9. The first-order chi connectivity index (χ1) is 14.8. The van der Waals surface area contributed by atoms with Crippen LogP contribution in [0, 0.1) is 17.9 Å². The summed E-state index contributed by atoms with van der Waals surface area (Å²) in [6.07, 6.45) is 0. The molecule has 4 rings (SSSR count). The van der Waals surface area contributed by atoms with E-state index in [0.717, 1.165) is 22.3 Å². The lowest BCUT2D eigenvalue weighted by Gasteiger charge is -2.39. The van der Waals surface area contributed by atoms with Gasteiger partial charge in [0.15, 0.2) is 5.41 Å². The van der Waals surface area contributed by atoms with E-state index in [2.05, 4.69) is 10.9 Å². The van der Waals surface area contributed by atoms with Gasteiger partial charge in [0.2, 0.25) is 0 Å². The summed E-state index contributed by atoms with van der Waals surface area (Å²) in [5.41, 5.74) is 0.651. The Morgan fingerprint density at radius 1 is 0.533 bits per heavy atom. The zero-order chi connectivity index (χ0) is 20.9. The van der Waals surface area contributed by atoms with Gasteiger partial charge in [0.1, 0.15) is 0 Å². The lowest BCUT2D eigenvalue weighted by molar-refractivity contribution is 0.455. The highest BCUT2D eigenvalue weighted by Gasteiger charge is 2.63. The fourth-order valence-corrected chi connectivity index (χ4v) is 4.34. The number of benzene rings is 4. The predicted octanol–water partition coefficient (Wildman–Crippen LogP) is 6.36. The molecule has 0 saturated carbocycles. The van der Waals surface area contributed by atoms with Crippen molar-refractivity contribution >= 4 is 0 Å². The summed E-state index contributed by atoms with van der Waals surface area (Å²) in [6.45, 7) is 8.51. The van der Waals surface area contributed by atoms with E-state index in [-0.39, 0.29) is 0 Å². The number of hydrogen-bond donors (Lipinski definition) is 0. The minimum absolute atomic E-state index is 0.792. The molecule has 0 saturated heterocycles. The van der Waals surface area contributed by atoms with E-state index in [1.54, 1.807) is 0 Å². The number of rotatable bonds is 5. The molecule has 0 heterocycles. The zero-order valence-electron chi connectivity index (χ0n) is 16.4. The van der Waals surface area contributed by atoms with E-state index >= 15 is 0 Å². The van der Waals surface area contributed by atoms with Crippen LogP contribution >= 0.6 is 0 Å². The fraction of sp³-hybridized carbons (Fsp3) is 0.0714. The highest BCUT2D eigenvalue weighted by atomic mass is 14.9. The highest BCUT2D eigenvalue weighted by molar-refractivity contribution is 5.61. The summed E-state index contributed by atoms with van der Waals surface area (Å²) in [5, 5.41) is 10.9. The second kappa shape index (κ2) is 8.08. The third kappa shape index (κ3) is 2.79. The van der Waals surface area contributed by atoms with Crippen molar-refractivity contribution < 1.29 is 0 Å². The average Bonchev–Trinajstić information content (AvgIpc) is 2.85. The summed E-state index contributed by atoms with van der Waals surface area (Å²) in [5.74, 6) is 0. The van der Waals surface area contributed by atoms with Crippen molar-refractivity contribution in [2.45, 2.75) is 11.0 Å². The Morgan fingerprint density at radius 3 is 1.10 bits per heavy atom. The molecule has 0 aliphatic rings. The molecular weight excluding hydrogens is 364 g/mol. The monoisotopic (exact) mass is 384 g/mol. The van der Waals surface area contributed by atoms with E-state index in [0.29, 0.717) is 0 Å². The van der Waals surface area contributed by atoms with Crippen LogP contribution in [0.4, 0.5) is 0 Å². The summed E-state index contributed by atoms with van der Waals surface area (Å²) >= 11 is 0. The molecule has 142 valence electrons. The van der Waals surface area contributed by atoms with Gasteiger partial charge in [-0.3, -0.25) is 4.85 Å². The van der Waals surface area contributed by atoms with Crippen LogP contribution in [0.5, 0.6) is 0 Å². The van der Waals surface area contributed by atoms with Gasteiger partial charge in [-0.15, -0.1) is 0 Å². The van der Waals surface area contributed by atoms with Crippen molar-refractivity contribution in [3.8, 4) is 6.07 Å². The van der Waals surface area contributed by atoms with Crippen molar-refractivity contribution in [2.24, 2.45) is 0 Å². The van der Waals surface area contributed by atoms with Gasteiger partial charge in [0.05, 0.1) is 6.07 Å². The Morgan fingerprint density at radius 2 is 0.833 bits per heavy atom. The molecule has 0 unspecified atom stereocenters. The Labute approximate surface area is 177 Å². The first-order valence-corrected chi connectivity index (χ1v) is 9.81. The topological polar surface area (TPSA) is 28.1 Å². The molecule has 0 N–H and O–H groups in total. The van der Waals surface area contributed by atoms with Gasteiger partial charge in [0.25, 0.3) is 0 Å². The molecule has 0 aromatic heterocycles. The first-order valence-electron chi connectivity index (χ1n) is 9.81. The fourth-order valence-electron chi connectivity index (χ4n) is 4.34. The molecule has 0 bridgehead atoms. The molecule has 0 atom stereocenters. The van der Waals surface area contributed by atoms with E-state index in [1.807, 2.05) is 121 Å². The van der Waals surface area contributed by atoms with Crippen LogP contribution in [0.25, 0.3) is 4.85 Å². The van der Waals surface area contributed by atoms with Gasteiger partial charge in [-0.2, -0.15) is 5.26 Å². The maximum absolute atomic E-state index is 10.9. The summed E-state index contributed by atoms with van der Waals surface area (Å²) in [7, 11) is 0. The van der Waals surface area contributed by atoms with E-state index < -0.39 is 11.0 Å². The molecule has 0 amide bonds. The van der Waals surface area contributed by atoms with Crippen molar-refractivity contribution in [3.63, 3.8) is 0 Å². The molecule has 4 aromatic carbocycles. The average molecular weight is 384 g/mol. The van der Waals surface area contributed by atoms with Crippen LogP contribution in [0.3, 0.4) is 0 Å². The summed E-state index contributed by atoms with van der Waals surface area (Å²) in [4.78, 5) is 4.28. The maximum Gasteiger partial charge on any atom is 0.309 e. The zero-order valence-corrected chi connectivity index (χ0v) is 16.4. The van der Waals surface area contributed by atoms with Gasteiger partial charge in [0, 0.05) is 11.1 Å². The van der Waals surface area contributed by atoms with Crippen molar-refractivity contribution in [3.05, 3.63) is 155 Å². The Hall–Kier alpha value is -4.14. The molecule has 2 nitrogen and oxygen atoms in total. The molecule has 4 aromatic rings. The van der Waals surface area contributed by atoms with Crippen LogP contribution < -0.4 is 0 Å². The van der Waals surface area contributed by atoms with E-state index in [9.17, 15) is 5.26 Å². The van der Waals surface area contributed by atoms with E-state index in [4.69, 9.17) is 6.57 Å². The lowest BCUT2D eigenvalue weighted by atomic mass is 9.57. The van der Waals surface area contributed by atoms with E-state index in [1.165, 1.54) is 0 Å². The summed E-state index contributed by atoms with van der Waals surface area (Å²) < 4.78 is 0. The largest absolute Gasteiger partial charge is 0.309 e. The van der Waals surface area contributed by atoms with Crippen LogP contribution in [0.2, 0.25) is 0 Å². The van der Waals surface area contributed by atoms with Crippen LogP contribution in [0.15, 0.2) is 121 Å². The molecule has 0 radical (unpaired) electrons. The number of nitrogens with zero attached hydrogens (tertiary/aromatic N) is 2. The highest BCUT2D eigenvalue weighted by Crippen LogP contribution is 2.53. The lowest BCUT2D eigenvalue weighted by Crippen LogP contribution is -2.48. The second-order valence-corrected chi connectivity index (χ2v) is 7.15. The molecule has 0 fully saturated rings. The normalized spacial score (nSPS) is 11.3. The molecule has 0 spiro atoms. The van der Waals surface area contributed by atoms with Gasteiger partial charge in [-0.1, -0.05) is 121 Å². The van der Waals surface area contributed by atoms with Crippen molar-refractivity contribution in [1.82, 2.24) is 0 Å². The van der Waals surface area contributed by atoms with Crippen molar-refractivity contribution in [2.75, 3.05) is 0 Å². The standard InChI is InChI=1S/C28H20N2/c1-30-28(25-18-10-4-11-19-25,26-20-12-5-13-21-26)27(22-29,23-14-6-2-7-15-23)24-16-8-3-9-17-24/h2-21H. The Kier molecular flexibility index (Phi) is 5.17. The molecule has 0 aliphatic carbocycles. The minimum Gasteiger partial charge on any atom is -0.297 e. The molecule has 2 heteroatoms. The Balaban J connectivity index is 2.21. The third-order valence-corrected chi connectivity index (χ3v) is 5.67. The van der Waals surface area contributed by atoms with Crippen molar-refractivity contribution in [1.29, 1.82) is 5.26 Å². The molecule has 0 aliphatic heterocycles. The van der Waals surface area contributed by atoms with Crippen LogP contribution in [-0.4, -0.2) is 0 Å². The smallest absolute Gasteiger partial charge is 0.297 e. The quantitative estimate of drug-likeness (QED) is 0.368. The van der Waals surface area contributed by atoms with Gasteiger partial charge in [-0.25, -0.2) is 6.57 Å².